The third-order valence-corrected chi connectivity index (χ3v) is 5.55. The molecule has 0 aliphatic rings. The lowest BCUT2D eigenvalue weighted by atomic mass is 10.0. The molecule has 0 radical (unpaired) electrons. The van der Waals surface area contributed by atoms with E-state index in [1.165, 1.54) is 22.3 Å². The Balaban J connectivity index is 0.000000162. The minimum Gasteiger partial charge on any atom is -0.496 e. The summed E-state index contributed by atoms with van der Waals surface area (Å²) in [7, 11) is 1.63. The van der Waals surface area contributed by atoms with Crippen molar-refractivity contribution in [2.24, 2.45) is 0 Å². The molecule has 3 nitrogen and oxygen atoms in total. The Morgan fingerprint density at radius 1 is 0.441 bits per heavy atom. The van der Waals surface area contributed by atoms with Crippen molar-refractivity contribution < 1.29 is 4.74 Å². The maximum Gasteiger partial charge on any atom is 0.128 e. The first kappa shape index (κ1) is 22.7. The van der Waals surface area contributed by atoms with Gasteiger partial charge in [-0.05, 0) is 52.1 Å². The van der Waals surface area contributed by atoms with E-state index in [0.29, 0.717) is 5.69 Å². The summed E-state index contributed by atoms with van der Waals surface area (Å²) in [5, 5.41) is 0. The molecule has 5 aromatic carbocycles. The third-order valence-electron chi connectivity index (χ3n) is 5.55. The minimum absolute atomic E-state index is 0.691. The van der Waals surface area contributed by atoms with Gasteiger partial charge in [0.2, 0.25) is 0 Å². The first-order chi connectivity index (χ1) is 16.6. The summed E-state index contributed by atoms with van der Waals surface area (Å²) in [5.41, 5.74) is 19.9. The van der Waals surface area contributed by atoms with E-state index in [9.17, 15) is 0 Å². The lowest BCUT2D eigenvalue weighted by molar-refractivity contribution is 0.416. The molecule has 3 heteroatoms. The highest BCUT2D eigenvalue weighted by Crippen LogP contribution is 2.32. The van der Waals surface area contributed by atoms with Crippen LogP contribution in [-0.2, 0) is 0 Å². The quantitative estimate of drug-likeness (QED) is 0.281. The number of nitrogens with two attached hydrogens (primary N) is 2. The van der Waals surface area contributed by atoms with Gasteiger partial charge in [0.05, 0.1) is 7.11 Å². The number of hydrogen-bond donors (Lipinski definition) is 2. The summed E-state index contributed by atoms with van der Waals surface area (Å²) in [4.78, 5) is 0. The zero-order chi connectivity index (χ0) is 23.8. The Bertz CT molecular complexity index is 1260. The van der Waals surface area contributed by atoms with Crippen LogP contribution in [0.5, 0.6) is 5.75 Å². The van der Waals surface area contributed by atoms with Gasteiger partial charge in [0.1, 0.15) is 5.75 Å². The SMILES string of the molecule is COc1cc(N)ccc1-c1ccc(N)cc1.c1ccc(-c2ccc(-c3ccccc3)cc2)cc1. The Morgan fingerprint density at radius 2 is 0.853 bits per heavy atom. The second-order valence-electron chi connectivity index (χ2n) is 7.89. The average Bonchev–Trinajstić information content (AvgIpc) is 2.91. The van der Waals surface area contributed by atoms with E-state index < -0.39 is 0 Å². The molecule has 0 amide bonds. The summed E-state index contributed by atoms with van der Waals surface area (Å²) in [6, 6.07) is 42.9. The summed E-state index contributed by atoms with van der Waals surface area (Å²) in [6.07, 6.45) is 0. The molecule has 0 saturated carbocycles. The van der Waals surface area contributed by atoms with Crippen molar-refractivity contribution in [1.29, 1.82) is 0 Å². The van der Waals surface area contributed by atoms with Crippen LogP contribution < -0.4 is 16.2 Å². The molecule has 168 valence electrons. The number of hydrogen-bond acceptors (Lipinski definition) is 3. The molecule has 0 fully saturated rings. The van der Waals surface area contributed by atoms with Crippen molar-refractivity contribution in [3.8, 4) is 39.1 Å². The zero-order valence-corrected chi connectivity index (χ0v) is 19.2. The largest absolute Gasteiger partial charge is 0.496 e. The van der Waals surface area contributed by atoms with Gasteiger partial charge in [0.25, 0.3) is 0 Å². The number of methoxy groups -OCH3 is 1. The molecule has 4 N–H and O–H groups in total. The van der Waals surface area contributed by atoms with Gasteiger partial charge < -0.3 is 16.2 Å². The molecule has 5 aromatic rings. The molecule has 0 aliphatic heterocycles. The molecular formula is C31H28N2O. The minimum atomic E-state index is 0.691. The predicted molar refractivity (Wildman–Crippen MR) is 145 cm³/mol. The molecule has 0 aromatic heterocycles. The molecule has 5 rings (SSSR count). The van der Waals surface area contributed by atoms with E-state index in [-0.39, 0.29) is 0 Å². The van der Waals surface area contributed by atoms with E-state index in [4.69, 9.17) is 16.2 Å². The van der Waals surface area contributed by atoms with Crippen LogP contribution in [0.25, 0.3) is 33.4 Å². The van der Waals surface area contributed by atoms with Crippen molar-refractivity contribution >= 4 is 11.4 Å². The molecule has 0 saturated heterocycles. The average molecular weight is 445 g/mol. The van der Waals surface area contributed by atoms with E-state index in [1.807, 2.05) is 54.6 Å². The van der Waals surface area contributed by atoms with Crippen molar-refractivity contribution in [2.45, 2.75) is 0 Å². The van der Waals surface area contributed by atoms with Gasteiger partial charge >= 0.3 is 0 Å². The Hall–Kier alpha value is -4.50. The highest BCUT2D eigenvalue weighted by atomic mass is 16.5. The standard InChI is InChI=1S/C18H14.C13H14N2O/c1-3-7-15(8-4-1)17-11-13-18(14-12-17)16-9-5-2-6-10-16;1-16-13-8-11(15)6-7-12(13)9-2-4-10(14)5-3-9/h1-14H;2-8H,14-15H2,1H3. The molecule has 0 unspecified atom stereocenters. The monoisotopic (exact) mass is 444 g/mol. The van der Waals surface area contributed by atoms with E-state index in [0.717, 1.165) is 22.6 Å². The van der Waals surface area contributed by atoms with Crippen LogP contribution in [-0.4, -0.2) is 7.11 Å². The Morgan fingerprint density at radius 3 is 1.32 bits per heavy atom. The first-order valence-electron chi connectivity index (χ1n) is 11.1. The van der Waals surface area contributed by atoms with E-state index >= 15 is 0 Å². The third kappa shape index (κ3) is 5.64. The first-order valence-corrected chi connectivity index (χ1v) is 11.1. The summed E-state index contributed by atoms with van der Waals surface area (Å²) < 4.78 is 5.30. The lowest BCUT2D eigenvalue weighted by Crippen LogP contribution is -1.91. The maximum absolute atomic E-state index is 5.71. The van der Waals surface area contributed by atoms with Crippen LogP contribution in [0.3, 0.4) is 0 Å². The number of benzene rings is 5. The fraction of sp³-hybridized carbons (Fsp3) is 0.0323. The highest BCUT2D eigenvalue weighted by molar-refractivity contribution is 5.74. The van der Waals surface area contributed by atoms with Crippen molar-refractivity contribution in [1.82, 2.24) is 0 Å². The lowest BCUT2D eigenvalue weighted by Gasteiger charge is -2.09. The van der Waals surface area contributed by atoms with Gasteiger partial charge in [-0.3, -0.25) is 0 Å². The number of rotatable bonds is 4. The summed E-state index contributed by atoms with van der Waals surface area (Å²) in [5.74, 6) is 0.768. The Labute approximate surface area is 201 Å². The van der Waals surface area contributed by atoms with Gasteiger partial charge in [-0.15, -0.1) is 0 Å². The molecule has 34 heavy (non-hydrogen) atoms. The fourth-order valence-electron chi connectivity index (χ4n) is 3.73. The highest BCUT2D eigenvalue weighted by Gasteiger charge is 2.05. The summed E-state index contributed by atoms with van der Waals surface area (Å²) >= 11 is 0. The molecular weight excluding hydrogens is 416 g/mol. The Kier molecular flexibility index (Phi) is 7.26. The van der Waals surface area contributed by atoms with Crippen molar-refractivity contribution in [2.75, 3.05) is 18.6 Å². The second kappa shape index (κ2) is 10.9. The molecule has 0 bridgehead atoms. The number of ether oxygens (including phenoxy) is 1. The molecule has 0 aliphatic carbocycles. The predicted octanol–water partition coefficient (Wildman–Crippen LogP) is 7.55. The van der Waals surface area contributed by atoms with E-state index in [2.05, 4.69) is 72.8 Å². The maximum atomic E-state index is 5.71. The molecule has 0 spiro atoms. The van der Waals surface area contributed by atoms with Gasteiger partial charge in [-0.1, -0.05) is 97.1 Å². The fourth-order valence-corrected chi connectivity index (χ4v) is 3.73. The normalized spacial score (nSPS) is 10.1. The van der Waals surface area contributed by atoms with Crippen LogP contribution >= 0.6 is 0 Å². The van der Waals surface area contributed by atoms with Crippen LogP contribution in [0, 0.1) is 0 Å². The van der Waals surface area contributed by atoms with Crippen LogP contribution in [0.4, 0.5) is 11.4 Å². The summed E-state index contributed by atoms with van der Waals surface area (Å²) in [6.45, 7) is 0. The smallest absolute Gasteiger partial charge is 0.128 e. The van der Waals surface area contributed by atoms with Crippen molar-refractivity contribution in [3.05, 3.63) is 127 Å². The van der Waals surface area contributed by atoms with Gasteiger partial charge in [-0.2, -0.15) is 0 Å². The van der Waals surface area contributed by atoms with E-state index in [1.54, 1.807) is 7.11 Å². The number of anilines is 2. The van der Waals surface area contributed by atoms with Crippen LogP contribution in [0.15, 0.2) is 127 Å². The van der Waals surface area contributed by atoms with Crippen LogP contribution in [0.1, 0.15) is 0 Å². The van der Waals surface area contributed by atoms with Crippen molar-refractivity contribution in [3.63, 3.8) is 0 Å². The van der Waals surface area contributed by atoms with Gasteiger partial charge in [0, 0.05) is 23.0 Å². The van der Waals surface area contributed by atoms with Gasteiger partial charge in [0.15, 0.2) is 0 Å². The topological polar surface area (TPSA) is 61.3 Å². The van der Waals surface area contributed by atoms with Crippen LogP contribution in [0.2, 0.25) is 0 Å². The molecule has 0 heterocycles. The second-order valence-corrected chi connectivity index (χ2v) is 7.89. The zero-order valence-electron chi connectivity index (χ0n) is 19.2. The molecule has 0 atom stereocenters. The van der Waals surface area contributed by atoms with Gasteiger partial charge in [-0.25, -0.2) is 0 Å². The number of nitrogen functional groups attached to an aromatic ring is 2.